The van der Waals surface area contributed by atoms with Crippen LogP contribution in [0, 0.1) is 5.92 Å². The van der Waals surface area contributed by atoms with Crippen molar-refractivity contribution >= 4 is 29.7 Å². The molecule has 5 atom stereocenters. The van der Waals surface area contributed by atoms with E-state index in [9.17, 15) is 34.2 Å². The topological polar surface area (TPSA) is 205 Å². The van der Waals surface area contributed by atoms with E-state index in [0.717, 1.165) is 0 Å². The van der Waals surface area contributed by atoms with Gasteiger partial charge in [-0.1, -0.05) is 26.7 Å². The van der Waals surface area contributed by atoms with Crippen molar-refractivity contribution < 1.29 is 34.2 Å². The number of carbonyl (C=O) groups is 5. The van der Waals surface area contributed by atoms with E-state index in [-0.39, 0.29) is 12.5 Å². The van der Waals surface area contributed by atoms with E-state index in [2.05, 4.69) is 10.6 Å². The van der Waals surface area contributed by atoms with E-state index >= 15 is 0 Å². The monoisotopic (exact) mass is 471 g/mol. The van der Waals surface area contributed by atoms with E-state index in [0.29, 0.717) is 45.1 Å². The zero-order valence-electron chi connectivity index (χ0n) is 19.3. The van der Waals surface area contributed by atoms with Gasteiger partial charge in [-0.05, 0) is 38.1 Å². The summed E-state index contributed by atoms with van der Waals surface area (Å²) in [5.74, 6) is -4.78. The molecule has 12 nitrogen and oxygen atoms in total. The van der Waals surface area contributed by atoms with Crippen molar-refractivity contribution in [3.05, 3.63) is 0 Å². The molecule has 188 valence electrons. The zero-order chi connectivity index (χ0) is 25.1. The minimum atomic E-state index is -1.39. The van der Waals surface area contributed by atoms with Crippen LogP contribution in [0.3, 0.4) is 0 Å². The molecular weight excluding hydrogens is 434 g/mol. The maximum Gasteiger partial charge on any atom is 0.326 e. The number of unbranched alkanes of at least 4 members (excludes halogenated alkanes) is 1. The van der Waals surface area contributed by atoms with Gasteiger partial charge in [0.05, 0.1) is 12.5 Å². The van der Waals surface area contributed by atoms with Gasteiger partial charge in [-0.15, -0.1) is 0 Å². The predicted octanol–water partition coefficient (Wildman–Crippen LogP) is -0.991. The first kappa shape index (κ1) is 28.3. The first-order valence-electron chi connectivity index (χ1n) is 11.3. The number of carboxylic acid groups (broad SMARTS) is 2. The Hall–Kier alpha value is -2.73. The number of hydrogen-bond donors (Lipinski definition) is 6. The highest BCUT2D eigenvalue weighted by atomic mass is 16.4. The van der Waals surface area contributed by atoms with Gasteiger partial charge < -0.3 is 37.2 Å². The fraction of sp³-hybridized carbons (Fsp3) is 0.762. The van der Waals surface area contributed by atoms with Crippen LogP contribution in [-0.4, -0.2) is 82.0 Å². The molecule has 0 aromatic carbocycles. The molecule has 0 aromatic heterocycles. The summed E-state index contributed by atoms with van der Waals surface area (Å²) in [5.41, 5.74) is 11.3. The van der Waals surface area contributed by atoms with E-state index in [1.807, 2.05) is 0 Å². The smallest absolute Gasteiger partial charge is 0.326 e. The normalized spacial score (nSPS) is 19.3. The van der Waals surface area contributed by atoms with Gasteiger partial charge in [-0.2, -0.15) is 0 Å². The average molecular weight is 472 g/mol. The van der Waals surface area contributed by atoms with Crippen LogP contribution >= 0.6 is 0 Å². The lowest BCUT2D eigenvalue weighted by Crippen LogP contribution is -2.57. The van der Waals surface area contributed by atoms with Crippen molar-refractivity contribution in [1.82, 2.24) is 15.5 Å². The lowest BCUT2D eigenvalue weighted by atomic mass is 9.98. The second-order valence-electron chi connectivity index (χ2n) is 8.45. The summed E-state index contributed by atoms with van der Waals surface area (Å²) in [4.78, 5) is 62.4. The molecule has 0 radical (unpaired) electrons. The Morgan fingerprint density at radius 2 is 1.79 bits per heavy atom. The number of amides is 3. The molecule has 0 aliphatic carbocycles. The molecule has 1 saturated heterocycles. The lowest BCUT2D eigenvalue weighted by molar-refractivity contribution is -0.147. The van der Waals surface area contributed by atoms with Crippen LogP contribution in [0.4, 0.5) is 0 Å². The molecule has 1 aliphatic rings. The summed E-state index contributed by atoms with van der Waals surface area (Å²) in [5, 5.41) is 23.6. The van der Waals surface area contributed by atoms with Crippen molar-refractivity contribution in [2.24, 2.45) is 17.4 Å². The standard InChI is InChI=1S/C21H37N5O7/c1-3-12(2)17(21(32)33)25-19(30)15-8-6-10-26(15)20(31)14(11-16(27)28)24-18(29)13(23)7-4-5-9-22/h12-15,17H,3-11,22-23H2,1-2H3,(H,24,29)(H,25,30)(H,27,28)(H,32,33). The summed E-state index contributed by atoms with van der Waals surface area (Å²) in [6.45, 7) is 4.14. The minimum absolute atomic E-state index is 0.187. The number of nitrogens with two attached hydrogens (primary N) is 2. The number of aliphatic carboxylic acids is 2. The third-order valence-corrected chi connectivity index (χ3v) is 5.91. The number of rotatable bonds is 14. The maximum atomic E-state index is 13.1. The molecule has 0 bridgehead atoms. The molecule has 0 spiro atoms. The Kier molecular flexibility index (Phi) is 11.8. The number of carboxylic acids is 2. The Balaban J connectivity index is 2.93. The quantitative estimate of drug-likeness (QED) is 0.172. The van der Waals surface area contributed by atoms with Crippen LogP contribution in [0.2, 0.25) is 0 Å². The van der Waals surface area contributed by atoms with Crippen LogP contribution < -0.4 is 22.1 Å². The van der Waals surface area contributed by atoms with Crippen molar-refractivity contribution in [3.8, 4) is 0 Å². The van der Waals surface area contributed by atoms with E-state index in [1.165, 1.54) is 4.90 Å². The van der Waals surface area contributed by atoms with Gasteiger partial charge in [0.15, 0.2) is 0 Å². The fourth-order valence-corrected chi connectivity index (χ4v) is 3.73. The third kappa shape index (κ3) is 8.61. The summed E-state index contributed by atoms with van der Waals surface area (Å²) in [6.07, 6.45) is 2.26. The molecule has 1 fully saturated rings. The van der Waals surface area contributed by atoms with Crippen LogP contribution in [0.1, 0.15) is 58.8 Å². The minimum Gasteiger partial charge on any atom is -0.481 e. The van der Waals surface area contributed by atoms with Gasteiger partial charge in [0.2, 0.25) is 17.7 Å². The van der Waals surface area contributed by atoms with Crippen molar-refractivity contribution in [2.45, 2.75) is 83.0 Å². The second kappa shape index (κ2) is 13.7. The third-order valence-electron chi connectivity index (χ3n) is 5.91. The van der Waals surface area contributed by atoms with Gasteiger partial charge >= 0.3 is 11.9 Å². The molecule has 1 rings (SSSR count). The van der Waals surface area contributed by atoms with Crippen molar-refractivity contribution in [3.63, 3.8) is 0 Å². The van der Waals surface area contributed by atoms with E-state index in [4.69, 9.17) is 11.5 Å². The molecule has 8 N–H and O–H groups in total. The van der Waals surface area contributed by atoms with Crippen molar-refractivity contribution in [1.29, 1.82) is 0 Å². The molecule has 12 heteroatoms. The molecule has 0 saturated carbocycles. The second-order valence-corrected chi connectivity index (χ2v) is 8.45. The summed E-state index contributed by atoms with van der Waals surface area (Å²) >= 11 is 0. The first-order valence-corrected chi connectivity index (χ1v) is 11.3. The molecular formula is C21H37N5O7. The van der Waals surface area contributed by atoms with Gasteiger partial charge in [0.1, 0.15) is 18.1 Å². The Labute approximate surface area is 193 Å². The van der Waals surface area contributed by atoms with Crippen LogP contribution in [0.25, 0.3) is 0 Å². The lowest BCUT2D eigenvalue weighted by Gasteiger charge is -2.30. The number of nitrogens with zero attached hydrogens (tertiary/aromatic N) is 1. The largest absolute Gasteiger partial charge is 0.481 e. The van der Waals surface area contributed by atoms with Crippen LogP contribution in [-0.2, 0) is 24.0 Å². The Bertz CT molecular complexity index is 717. The van der Waals surface area contributed by atoms with Gasteiger partial charge in [-0.25, -0.2) is 4.79 Å². The van der Waals surface area contributed by atoms with Crippen LogP contribution in [0.5, 0.6) is 0 Å². The summed E-state index contributed by atoms with van der Waals surface area (Å²) < 4.78 is 0. The molecule has 1 heterocycles. The molecule has 3 amide bonds. The van der Waals surface area contributed by atoms with Crippen LogP contribution in [0.15, 0.2) is 0 Å². The highest BCUT2D eigenvalue weighted by Gasteiger charge is 2.40. The number of hydrogen-bond acceptors (Lipinski definition) is 7. The predicted molar refractivity (Wildman–Crippen MR) is 119 cm³/mol. The SMILES string of the molecule is CCC(C)C(NC(=O)C1CCCN1C(=O)C(CC(=O)O)NC(=O)C(N)CCCCN)C(=O)O. The average Bonchev–Trinajstić information content (AvgIpc) is 3.25. The molecule has 5 unspecified atom stereocenters. The Morgan fingerprint density at radius 3 is 2.33 bits per heavy atom. The molecule has 0 aromatic rings. The first-order chi connectivity index (χ1) is 15.5. The molecule has 33 heavy (non-hydrogen) atoms. The van der Waals surface area contributed by atoms with Gasteiger partial charge in [0, 0.05) is 6.54 Å². The summed E-state index contributed by atoms with van der Waals surface area (Å²) in [6, 6.07) is -4.38. The summed E-state index contributed by atoms with van der Waals surface area (Å²) in [7, 11) is 0. The number of likely N-dealkylation sites (tertiary alicyclic amines) is 1. The maximum absolute atomic E-state index is 13.1. The van der Waals surface area contributed by atoms with Gasteiger partial charge in [0.25, 0.3) is 0 Å². The van der Waals surface area contributed by atoms with E-state index < -0.39 is 60.2 Å². The van der Waals surface area contributed by atoms with E-state index in [1.54, 1.807) is 13.8 Å². The zero-order valence-corrected chi connectivity index (χ0v) is 19.3. The molecule has 1 aliphatic heterocycles. The Morgan fingerprint density at radius 1 is 1.12 bits per heavy atom. The van der Waals surface area contributed by atoms with Crippen molar-refractivity contribution in [2.75, 3.05) is 13.1 Å². The number of carbonyl (C=O) groups excluding carboxylic acids is 3. The number of nitrogens with one attached hydrogen (secondary N) is 2. The van der Waals surface area contributed by atoms with Gasteiger partial charge in [-0.3, -0.25) is 19.2 Å². The highest BCUT2D eigenvalue weighted by Crippen LogP contribution is 2.20. The highest BCUT2D eigenvalue weighted by molar-refractivity contribution is 5.96. The fourth-order valence-electron chi connectivity index (χ4n) is 3.73.